The number of hydrogen-bond acceptors (Lipinski definition) is 6. The molecule has 32 heavy (non-hydrogen) atoms. The Balaban J connectivity index is 1.63. The van der Waals surface area contributed by atoms with Gasteiger partial charge in [-0.15, -0.1) is 11.3 Å². The molecule has 1 N–H and O–H groups in total. The van der Waals surface area contributed by atoms with Crippen LogP contribution < -0.4 is 9.62 Å². The number of nitrogens with zero attached hydrogens (tertiary/aromatic N) is 4. The number of amides is 1. The number of aromatic nitrogens is 3. The normalized spacial score (nSPS) is 13.7. The number of carbonyl (C=O) groups excluding carboxylic acids is 1. The summed E-state index contributed by atoms with van der Waals surface area (Å²) in [6, 6.07) is 10.6. The molecule has 0 saturated heterocycles. The van der Waals surface area contributed by atoms with Crippen molar-refractivity contribution in [2.45, 2.75) is 18.2 Å². The van der Waals surface area contributed by atoms with Crippen LogP contribution in [0.15, 0.2) is 46.7 Å². The summed E-state index contributed by atoms with van der Waals surface area (Å²) >= 11 is 1.56. The molecule has 0 unspecified atom stereocenters. The minimum atomic E-state index is -3.54. The zero-order valence-corrected chi connectivity index (χ0v) is 19.4. The number of aryl methyl sites for hydroxylation is 2. The number of pyridine rings is 1. The zero-order valence-electron chi connectivity index (χ0n) is 17.8. The standard InChI is InChI=1S/C22H21N5O3S2/c1-13-20-16(12-17(19-5-4-10-31-19)24-21(20)26(3)25-13)22(28)27-9-8-14-11-15(6-7-18(14)27)32(29,30)23-2/h4-7,10-12,23H,8-9H2,1-3H3. The molecule has 3 aromatic heterocycles. The van der Waals surface area contributed by atoms with Crippen LogP contribution in [0, 0.1) is 6.92 Å². The molecule has 0 spiro atoms. The number of thiophene rings is 1. The van der Waals surface area contributed by atoms with Crippen LogP contribution in [-0.2, 0) is 23.5 Å². The third kappa shape index (κ3) is 3.22. The third-order valence-corrected chi connectivity index (χ3v) is 8.05. The summed E-state index contributed by atoms with van der Waals surface area (Å²) in [5.41, 5.74) is 4.24. The second-order valence-electron chi connectivity index (χ2n) is 7.64. The molecule has 0 atom stereocenters. The number of carbonyl (C=O) groups is 1. The van der Waals surface area contributed by atoms with E-state index in [1.165, 1.54) is 13.1 Å². The molecular weight excluding hydrogens is 446 g/mol. The predicted molar refractivity (Wildman–Crippen MR) is 125 cm³/mol. The van der Waals surface area contributed by atoms with Crippen LogP contribution in [0.25, 0.3) is 21.6 Å². The molecule has 164 valence electrons. The zero-order chi connectivity index (χ0) is 22.6. The van der Waals surface area contributed by atoms with E-state index in [0.29, 0.717) is 24.2 Å². The molecule has 0 saturated carbocycles. The maximum absolute atomic E-state index is 13.8. The Hall–Kier alpha value is -3.08. The lowest BCUT2D eigenvalue weighted by atomic mass is 10.1. The van der Waals surface area contributed by atoms with Crippen LogP contribution in [0.2, 0.25) is 0 Å². The number of hydrogen-bond donors (Lipinski definition) is 1. The van der Waals surface area contributed by atoms with Crippen LogP contribution >= 0.6 is 11.3 Å². The van der Waals surface area contributed by atoms with Crippen molar-refractivity contribution in [3.05, 3.63) is 58.6 Å². The average Bonchev–Trinajstić information content (AvgIpc) is 3.52. The minimum absolute atomic E-state index is 0.144. The number of benzene rings is 1. The van der Waals surface area contributed by atoms with Gasteiger partial charge >= 0.3 is 0 Å². The van der Waals surface area contributed by atoms with Gasteiger partial charge in [0.15, 0.2) is 5.65 Å². The van der Waals surface area contributed by atoms with Crippen LogP contribution in [0.4, 0.5) is 5.69 Å². The molecule has 1 aliphatic rings. The number of rotatable bonds is 4. The van der Waals surface area contributed by atoms with Gasteiger partial charge in [0.25, 0.3) is 5.91 Å². The molecule has 8 nitrogen and oxygen atoms in total. The lowest BCUT2D eigenvalue weighted by Gasteiger charge is -2.19. The molecule has 1 aliphatic heterocycles. The first-order chi connectivity index (χ1) is 15.3. The molecule has 0 aliphatic carbocycles. The minimum Gasteiger partial charge on any atom is -0.308 e. The predicted octanol–water partition coefficient (Wildman–Crippen LogP) is 3.12. The molecule has 4 heterocycles. The van der Waals surface area contributed by atoms with Crippen molar-refractivity contribution in [3.63, 3.8) is 0 Å². The second-order valence-corrected chi connectivity index (χ2v) is 10.5. The van der Waals surface area contributed by atoms with Crippen molar-refractivity contribution in [2.24, 2.45) is 7.05 Å². The molecule has 1 aromatic carbocycles. The summed E-state index contributed by atoms with van der Waals surface area (Å²) in [4.78, 5) is 21.4. The first kappa shape index (κ1) is 20.8. The van der Waals surface area contributed by atoms with Gasteiger partial charge < -0.3 is 4.90 Å². The monoisotopic (exact) mass is 467 g/mol. The van der Waals surface area contributed by atoms with Crippen LogP contribution in [-0.4, -0.2) is 42.7 Å². The molecule has 0 bridgehead atoms. The van der Waals surface area contributed by atoms with Gasteiger partial charge in [0, 0.05) is 19.3 Å². The SMILES string of the molecule is CNS(=O)(=O)c1ccc2c(c1)CCN2C(=O)c1cc(-c2cccs2)nc2c1c(C)nn2C. The van der Waals surface area contributed by atoms with Crippen molar-refractivity contribution in [1.82, 2.24) is 19.5 Å². The molecular formula is C22H21N5O3S2. The Labute approximate surface area is 189 Å². The van der Waals surface area contributed by atoms with Gasteiger partial charge in [-0.2, -0.15) is 5.10 Å². The smallest absolute Gasteiger partial charge is 0.259 e. The lowest BCUT2D eigenvalue weighted by molar-refractivity contribution is 0.0991. The summed E-state index contributed by atoms with van der Waals surface area (Å²) < 4.78 is 28.4. The number of anilines is 1. The lowest BCUT2D eigenvalue weighted by Crippen LogP contribution is -2.29. The summed E-state index contributed by atoms with van der Waals surface area (Å²) in [6.07, 6.45) is 0.589. The van der Waals surface area contributed by atoms with Crippen molar-refractivity contribution in [3.8, 4) is 10.6 Å². The first-order valence-electron chi connectivity index (χ1n) is 10.1. The highest BCUT2D eigenvalue weighted by Crippen LogP contribution is 2.34. The van der Waals surface area contributed by atoms with E-state index in [4.69, 9.17) is 4.98 Å². The highest BCUT2D eigenvalue weighted by atomic mass is 32.2. The summed E-state index contributed by atoms with van der Waals surface area (Å²) in [5, 5.41) is 7.20. The van der Waals surface area contributed by atoms with Crippen molar-refractivity contribution < 1.29 is 13.2 Å². The molecule has 1 amide bonds. The van der Waals surface area contributed by atoms with E-state index in [1.807, 2.05) is 37.6 Å². The fourth-order valence-corrected chi connectivity index (χ4v) is 5.65. The van der Waals surface area contributed by atoms with Gasteiger partial charge in [0.2, 0.25) is 10.0 Å². The Morgan fingerprint density at radius 3 is 2.75 bits per heavy atom. The van der Waals surface area contributed by atoms with Crippen LogP contribution in [0.1, 0.15) is 21.6 Å². The van der Waals surface area contributed by atoms with Crippen LogP contribution in [0.5, 0.6) is 0 Å². The van der Waals surface area contributed by atoms with E-state index in [1.54, 1.807) is 33.1 Å². The summed E-state index contributed by atoms with van der Waals surface area (Å²) in [6.45, 7) is 2.35. The third-order valence-electron chi connectivity index (χ3n) is 5.74. The summed E-state index contributed by atoms with van der Waals surface area (Å²) in [5.74, 6) is -0.144. The first-order valence-corrected chi connectivity index (χ1v) is 12.4. The maximum Gasteiger partial charge on any atom is 0.259 e. The molecule has 5 rings (SSSR count). The van der Waals surface area contributed by atoms with Gasteiger partial charge in [-0.3, -0.25) is 9.48 Å². The number of nitrogens with one attached hydrogen (secondary N) is 1. The van der Waals surface area contributed by atoms with Crippen molar-refractivity contribution >= 4 is 44.0 Å². The van der Waals surface area contributed by atoms with Crippen molar-refractivity contribution in [2.75, 3.05) is 18.5 Å². The van der Waals surface area contributed by atoms with Gasteiger partial charge in [0.05, 0.1) is 32.1 Å². The van der Waals surface area contributed by atoms with E-state index in [-0.39, 0.29) is 10.8 Å². The fraction of sp³-hybridized carbons (Fsp3) is 0.227. The largest absolute Gasteiger partial charge is 0.308 e. The van der Waals surface area contributed by atoms with Crippen LogP contribution in [0.3, 0.4) is 0 Å². The van der Waals surface area contributed by atoms with E-state index in [9.17, 15) is 13.2 Å². The van der Waals surface area contributed by atoms with Gasteiger partial charge in [-0.25, -0.2) is 18.1 Å². The molecule has 4 aromatic rings. The number of fused-ring (bicyclic) bond motifs is 2. The topological polar surface area (TPSA) is 97.2 Å². The van der Waals surface area contributed by atoms with E-state index in [0.717, 1.165) is 32.9 Å². The van der Waals surface area contributed by atoms with Gasteiger partial charge in [-0.1, -0.05) is 6.07 Å². The van der Waals surface area contributed by atoms with E-state index < -0.39 is 10.0 Å². The highest BCUT2D eigenvalue weighted by Gasteiger charge is 2.30. The maximum atomic E-state index is 13.8. The molecule has 10 heteroatoms. The van der Waals surface area contributed by atoms with Gasteiger partial charge in [0.1, 0.15) is 0 Å². The van der Waals surface area contributed by atoms with Crippen molar-refractivity contribution in [1.29, 1.82) is 0 Å². The quantitative estimate of drug-likeness (QED) is 0.497. The Bertz CT molecular complexity index is 1470. The Morgan fingerprint density at radius 1 is 1.22 bits per heavy atom. The Morgan fingerprint density at radius 2 is 2.03 bits per heavy atom. The Kier molecular flexibility index (Phi) is 4.88. The second kappa shape index (κ2) is 7.51. The fourth-order valence-electron chi connectivity index (χ4n) is 4.18. The highest BCUT2D eigenvalue weighted by molar-refractivity contribution is 7.89. The van der Waals surface area contributed by atoms with E-state index >= 15 is 0 Å². The van der Waals surface area contributed by atoms with E-state index in [2.05, 4.69) is 9.82 Å². The summed E-state index contributed by atoms with van der Waals surface area (Å²) in [7, 11) is -0.337. The molecule has 0 radical (unpaired) electrons. The average molecular weight is 468 g/mol. The molecule has 0 fully saturated rings. The number of sulfonamides is 1. The van der Waals surface area contributed by atoms with Gasteiger partial charge in [-0.05, 0) is 61.7 Å².